The van der Waals surface area contributed by atoms with Gasteiger partial charge in [0.15, 0.2) is 0 Å². The maximum absolute atomic E-state index is 9.65. The minimum Gasteiger partial charge on any atom is -0.508 e. The molecule has 0 unspecified atom stereocenters. The van der Waals surface area contributed by atoms with Crippen LogP contribution in [0.25, 0.3) is 0 Å². The summed E-state index contributed by atoms with van der Waals surface area (Å²) in [4.78, 5) is 0. The monoisotopic (exact) mass is 364 g/mol. The molecular formula is C25H32O2. The van der Waals surface area contributed by atoms with Gasteiger partial charge in [-0.05, 0) is 123 Å². The summed E-state index contributed by atoms with van der Waals surface area (Å²) >= 11 is 0. The standard InChI is InChI=1S/C25H32O2/c1-17-16-24(27)14-15-25(17)22-8-6-20(7-9-22)18-2-4-19(5-3-18)21-10-12-23(26)13-11-21/h10-16,18-20,22,26-27H,2-9H2,1H3. The van der Waals surface area contributed by atoms with Crippen molar-refractivity contribution in [1.29, 1.82) is 0 Å². The van der Waals surface area contributed by atoms with Gasteiger partial charge < -0.3 is 10.2 Å². The Morgan fingerprint density at radius 1 is 0.630 bits per heavy atom. The first kappa shape index (κ1) is 18.4. The van der Waals surface area contributed by atoms with Gasteiger partial charge in [0.1, 0.15) is 11.5 Å². The molecule has 0 spiro atoms. The molecule has 2 heteroatoms. The van der Waals surface area contributed by atoms with E-state index in [0.29, 0.717) is 23.3 Å². The number of phenols is 2. The molecule has 0 atom stereocenters. The summed E-state index contributed by atoms with van der Waals surface area (Å²) in [7, 11) is 0. The van der Waals surface area contributed by atoms with Crippen LogP contribution >= 0.6 is 0 Å². The maximum Gasteiger partial charge on any atom is 0.115 e. The Labute approximate surface area is 163 Å². The van der Waals surface area contributed by atoms with E-state index in [2.05, 4.69) is 25.1 Å². The highest BCUT2D eigenvalue weighted by molar-refractivity contribution is 5.36. The van der Waals surface area contributed by atoms with Gasteiger partial charge in [0.25, 0.3) is 0 Å². The second kappa shape index (κ2) is 7.96. The summed E-state index contributed by atoms with van der Waals surface area (Å²) in [6, 6.07) is 13.8. The largest absolute Gasteiger partial charge is 0.508 e. The van der Waals surface area contributed by atoms with Gasteiger partial charge >= 0.3 is 0 Å². The maximum atomic E-state index is 9.65. The van der Waals surface area contributed by atoms with Crippen molar-refractivity contribution in [3.8, 4) is 11.5 Å². The number of phenolic OH excluding ortho intramolecular Hbond substituents is 2. The molecule has 144 valence electrons. The molecule has 2 N–H and O–H groups in total. The van der Waals surface area contributed by atoms with Crippen LogP contribution in [0, 0.1) is 18.8 Å². The van der Waals surface area contributed by atoms with E-state index in [1.165, 1.54) is 68.1 Å². The molecule has 0 amide bonds. The Hall–Kier alpha value is -1.96. The van der Waals surface area contributed by atoms with E-state index in [4.69, 9.17) is 0 Å². The van der Waals surface area contributed by atoms with Crippen LogP contribution in [-0.4, -0.2) is 10.2 Å². The third-order valence-corrected chi connectivity index (χ3v) is 7.27. The molecule has 0 heterocycles. The van der Waals surface area contributed by atoms with Crippen molar-refractivity contribution < 1.29 is 10.2 Å². The Kier molecular flexibility index (Phi) is 5.43. The van der Waals surface area contributed by atoms with E-state index < -0.39 is 0 Å². The fourth-order valence-electron chi connectivity index (χ4n) is 5.69. The zero-order valence-corrected chi connectivity index (χ0v) is 16.4. The average Bonchev–Trinajstić information content (AvgIpc) is 2.69. The van der Waals surface area contributed by atoms with E-state index >= 15 is 0 Å². The lowest BCUT2D eigenvalue weighted by atomic mass is 9.67. The Bertz CT molecular complexity index is 748. The molecule has 0 saturated heterocycles. The van der Waals surface area contributed by atoms with Gasteiger partial charge in [-0.3, -0.25) is 0 Å². The summed E-state index contributed by atoms with van der Waals surface area (Å²) in [5.41, 5.74) is 4.09. The van der Waals surface area contributed by atoms with Crippen molar-refractivity contribution in [3.63, 3.8) is 0 Å². The van der Waals surface area contributed by atoms with Gasteiger partial charge in [-0.25, -0.2) is 0 Å². The van der Waals surface area contributed by atoms with Crippen molar-refractivity contribution >= 4 is 0 Å². The van der Waals surface area contributed by atoms with Crippen LogP contribution in [-0.2, 0) is 0 Å². The number of rotatable bonds is 3. The third-order valence-electron chi connectivity index (χ3n) is 7.27. The highest BCUT2D eigenvalue weighted by Crippen LogP contribution is 2.46. The molecular weight excluding hydrogens is 332 g/mol. The van der Waals surface area contributed by atoms with Gasteiger partial charge in [0.2, 0.25) is 0 Å². The van der Waals surface area contributed by atoms with E-state index in [1.54, 1.807) is 0 Å². The lowest BCUT2D eigenvalue weighted by Crippen LogP contribution is -2.25. The molecule has 0 bridgehead atoms. The molecule has 2 aliphatic rings. The van der Waals surface area contributed by atoms with Gasteiger partial charge in [-0.15, -0.1) is 0 Å². The molecule has 0 aliphatic heterocycles. The van der Waals surface area contributed by atoms with Crippen molar-refractivity contribution in [2.75, 3.05) is 0 Å². The van der Waals surface area contributed by atoms with E-state index in [0.717, 1.165) is 11.8 Å². The summed E-state index contributed by atoms with van der Waals surface area (Å²) in [6.07, 6.45) is 10.6. The number of benzene rings is 2. The van der Waals surface area contributed by atoms with Crippen LogP contribution in [0.1, 0.15) is 79.9 Å². The molecule has 0 aromatic heterocycles. The number of hydrogen-bond acceptors (Lipinski definition) is 2. The van der Waals surface area contributed by atoms with E-state index in [1.807, 2.05) is 24.3 Å². The zero-order chi connectivity index (χ0) is 18.8. The molecule has 2 fully saturated rings. The summed E-state index contributed by atoms with van der Waals surface area (Å²) in [6.45, 7) is 2.13. The summed E-state index contributed by atoms with van der Waals surface area (Å²) in [5.74, 6) is 3.91. The first-order chi connectivity index (χ1) is 13.1. The summed E-state index contributed by atoms with van der Waals surface area (Å²) in [5, 5.41) is 19.1. The van der Waals surface area contributed by atoms with E-state index in [9.17, 15) is 10.2 Å². The predicted molar refractivity (Wildman–Crippen MR) is 110 cm³/mol. The first-order valence-corrected chi connectivity index (χ1v) is 10.7. The Balaban J connectivity index is 1.30. The molecule has 2 saturated carbocycles. The SMILES string of the molecule is Cc1cc(O)ccc1C1CCC(C2CCC(c3ccc(O)cc3)CC2)CC1. The molecule has 2 aromatic rings. The second-order valence-electron chi connectivity index (χ2n) is 8.86. The Morgan fingerprint density at radius 2 is 1.15 bits per heavy atom. The fourth-order valence-corrected chi connectivity index (χ4v) is 5.69. The lowest BCUT2D eigenvalue weighted by molar-refractivity contribution is 0.177. The van der Waals surface area contributed by atoms with Crippen molar-refractivity contribution in [2.24, 2.45) is 11.8 Å². The summed E-state index contributed by atoms with van der Waals surface area (Å²) < 4.78 is 0. The minimum absolute atomic E-state index is 0.369. The molecule has 27 heavy (non-hydrogen) atoms. The molecule has 4 rings (SSSR count). The van der Waals surface area contributed by atoms with Crippen LogP contribution in [0.2, 0.25) is 0 Å². The minimum atomic E-state index is 0.369. The van der Waals surface area contributed by atoms with Crippen molar-refractivity contribution in [1.82, 2.24) is 0 Å². The number of hydrogen-bond donors (Lipinski definition) is 2. The quantitative estimate of drug-likeness (QED) is 0.640. The van der Waals surface area contributed by atoms with Gasteiger partial charge in [0.05, 0.1) is 0 Å². The third kappa shape index (κ3) is 4.15. The molecule has 0 radical (unpaired) electrons. The van der Waals surface area contributed by atoms with Crippen LogP contribution in [0.4, 0.5) is 0 Å². The Morgan fingerprint density at radius 3 is 1.70 bits per heavy atom. The molecule has 2 aromatic carbocycles. The zero-order valence-electron chi connectivity index (χ0n) is 16.4. The van der Waals surface area contributed by atoms with Gasteiger partial charge in [0, 0.05) is 0 Å². The average molecular weight is 365 g/mol. The lowest BCUT2D eigenvalue weighted by Gasteiger charge is -2.38. The normalized spacial score (nSPS) is 28.8. The van der Waals surface area contributed by atoms with E-state index in [-0.39, 0.29) is 0 Å². The first-order valence-electron chi connectivity index (χ1n) is 10.7. The second-order valence-corrected chi connectivity index (χ2v) is 8.86. The highest BCUT2D eigenvalue weighted by Gasteiger charge is 2.32. The van der Waals surface area contributed by atoms with Crippen LogP contribution in [0.3, 0.4) is 0 Å². The van der Waals surface area contributed by atoms with Gasteiger partial charge in [-0.2, -0.15) is 0 Å². The topological polar surface area (TPSA) is 40.5 Å². The molecule has 2 aliphatic carbocycles. The smallest absolute Gasteiger partial charge is 0.115 e. The van der Waals surface area contributed by atoms with Crippen molar-refractivity contribution in [2.45, 2.75) is 70.1 Å². The van der Waals surface area contributed by atoms with Gasteiger partial charge in [-0.1, -0.05) is 18.2 Å². The predicted octanol–water partition coefficient (Wildman–Crippen LogP) is 6.65. The number of aryl methyl sites for hydroxylation is 1. The van der Waals surface area contributed by atoms with Crippen LogP contribution in [0.5, 0.6) is 11.5 Å². The highest BCUT2D eigenvalue weighted by atomic mass is 16.3. The number of aromatic hydroxyl groups is 2. The molecule has 2 nitrogen and oxygen atoms in total. The van der Waals surface area contributed by atoms with Crippen LogP contribution < -0.4 is 0 Å². The van der Waals surface area contributed by atoms with Crippen LogP contribution in [0.15, 0.2) is 42.5 Å². The fraction of sp³-hybridized carbons (Fsp3) is 0.520. The van der Waals surface area contributed by atoms with Crippen molar-refractivity contribution in [3.05, 3.63) is 59.2 Å².